The minimum atomic E-state index is -0.954. The number of aliphatic hydroxyl groups is 1. The van der Waals surface area contributed by atoms with E-state index in [1.54, 1.807) is 22.2 Å². The molecule has 348 valence electrons. The number of benzene rings is 3. The maximum atomic E-state index is 14.2. The summed E-state index contributed by atoms with van der Waals surface area (Å²) in [4.78, 5) is 50.4. The summed E-state index contributed by atoms with van der Waals surface area (Å²) in [5.41, 5.74) is 11.1. The first-order chi connectivity index (χ1) is 31.6. The maximum absolute atomic E-state index is 14.2. The summed E-state index contributed by atoms with van der Waals surface area (Å²) in [6.07, 6.45) is 5.11. The van der Waals surface area contributed by atoms with Crippen molar-refractivity contribution in [3.05, 3.63) is 113 Å². The molecule has 16 heteroatoms. The second-order valence-corrected chi connectivity index (χ2v) is 19.1. The molecule has 15 nitrogen and oxygen atoms in total. The Hall–Kier alpha value is -6.23. The fraction of sp³-hybridized carbons (Fsp3) is 0.420. The van der Waals surface area contributed by atoms with Crippen molar-refractivity contribution in [2.24, 2.45) is 5.41 Å². The molecule has 1 fully saturated rings. The highest BCUT2D eigenvalue weighted by atomic mass is 32.1. The predicted octanol–water partition coefficient (Wildman–Crippen LogP) is 7.97. The highest BCUT2D eigenvalue weighted by Gasteiger charge is 2.44. The number of thiazole rings is 1. The van der Waals surface area contributed by atoms with Gasteiger partial charge in [-0.25, -0.2) is 9.67 Å². The van der Waals surface area contributed by atoms with Crippen molar-refractivity contribution in [1.29, 1.82) is 0 Å². The van der Waals surface area contributed by atoms with Crippen molar-refractivity contribution < 1.29 is 28.8 Å². The Morgan fingerprint density at radius 1 is 0.955 bits per heavy atom. The van der Waals surface area contributed by atoms with Gasteiger partial charge < -0.3 is 34.8 Å². The van der Waals surface area contributed by atoms with Crippen LogP contribution in [0, 0.1) is 33.1 Å². The summed E-state index contributed by atoms with van der Waals surface area (Å²) in [6, 6.07) is 20.4. The van der Waals surface area contributed by atoms with Gasteiger partial charge in [-0.05, 0) is 112 Å². The Morgan fingerprint density at radius 2 is 1.70 bits per heavy atom. The summed E-state index contributed by atoms with van der Waals surface area (Å²) in [5, 5.41) is 28.9. The average molecular weight is 916 g/mol. The number of carbonyl (C=O) groups is 3. The molecule has 4 heterocycles. The molecule has 6 aromatic rings. The maximum Gasteiger partial charge on any atom is 0.246 e. The van der Waals surface area contributed by atoms with Crippen LogP contribution in [0.3, 0.4) is 0 Å². The van der Waals surface area contributed by atoms with Crippen molar-refractivity contribution in [1.82, 2.24) is 40.7 Å². The molecule has 0 bridgehead atoms. The van der Waals surface area contributed by atoms with E-state index >= 15 is 0 Å². The SMILES string of the molecule is Cc1ccc(-c2c(C)noc2C)cc1N(CCCCCOCC(=O)N[C@H](C(=O)N1C[C@H](O)C[C@H]1C(=O)N[C@@H](C)c1ccc(-c2scnc2C)cc1)C(C)(C)C)c1ccc(-n2ccnn2)cc1. The van der Waals surface area contributed by atoms with Gasteiger partial charge in [0.2, 0.25) is 17.7 Å². The van der Waals surface area contributed by atoms with Crippen molar-refractivity contribution in [2.75, 3.05) is 31.2 Å². The number of nitrogens with one attached hydrogen (secondary N) is 2. The number of amides is 3. The third-order valence-corrected chi connectivity index (χ3v) is 13.1. The van der Waals surface area contributed by atoms with E-state index in [1.807, 2.05) is 96.6 Å². The first kappa shape index (κ1) is 47.7. The van der Waals surface area contributed by atoms with E-state index in [0.717, 1.165) is 92.7 Å². The largest absolute Gasteiger partial charge is 0.391 e. The lowest BCUT2D eigenvalue weighted by Crippen LogP contribution is -2.58. The molecule has 0 aliphatic carbocycles. The number of nitrogens with zero attached hydrogens (tertiary/aromatic N) is 7. The summed E-state index contributed by atoms with van der Waals surface area (Å²) in [5.74, 6) is -0.438. The molecule has 7 rings (SSSR count). The quantitative estimate of drug-likeness (QED) is 0.0712. The molecule has 3 aromatic heterocycles. The number of unbranched alkanes of at least 4 members (excludes halogenated alkanes) is 2. The molecular formula is C50H61N9O6S. The standard InChI is InChI=1S/C50H61N9O6S/c1-31-12-13-38(45-33(3)55-65-35(45)5)26-42(31)57(39-18-20-40(21-19-39)59-24-22-52-56-59)23-10-9-11-25-64-29-44(61)54-47(50(6,7)8)49(63)58-28-41(60)27-43(58)48(62)53-32(2)36-14-16-37(17-15-36)46-34(4)51-30-66-46/h12-22,24,26,30,32,41,43,47,60H,9-11,23,25,27-29H2,1-8H3,(H,53,62)(H,54,61)/t32-,41+,43-,47+/m0/s1. The molecule has 0 radical (unpaired) electrons. The summed E-state index contributed by atoms with van der Waals surface area (Å²) in [6.45, 7) is 16.3. The lowest BCUT2D eigenvalue weighted by molar-refractivity contribution is -0.144. The molecule has 66 heavy (non-hydrogen) atoms. The van der Waals surface area contributed by atoms with E-state index in [-0.39, 0.29) is 31.5 Å². The summed E-state index contributed by atoms with van der Waals surface area (Å²) >= 11 is 1.58. The van der Waals surface area contributed by atoms with Crippen molar-refractivity contribution >= 4 is 40.4 Å². The molecule has 3 N–H and O–H groups in total. The molecule has 0 saturated carbocycles. The molecule has 4 atom stereocenters. The third kappa shape index (κ3) is 11.2. The van der Waals surface area contributed by atoms with E-state index in [1.165, 1.54) is 4.90 Å². The number of aromatic nitrogens is 5. The van der Waals surface area contributed by atoms with Gasteiger partial charge in [0.05, 0.1) is 52.0 Å². The number of aryl methyl sites for hydroxylation is 4. The molecule has 0 spiro atoms. The molecule has 1 aliphatic rings. The van der Waals surface area contributed by atoms with Crippen molar-refractivity contribution in [3.8, 4) is 27.3 Å². The first-order valence-corrected chi connectivity index (χ1v) is 23.4. The summed E-state index contributed by atoms with van der Waals surface area (Å²) < 4.78 is 13.1. The monoisotopic (exact) mass is 915 g/mol. The van der Waals surface area contributed by atoms with Crippen LogP contribution >= 0.6 is 11.3 Å². The Kier molecular flexibility index (Phi) is 15.1. The Labute approximate surface area is 390 Å². The fourth-order valence-corrected chi connectivity index (χ4v) is 9.32. The summed E-state index contributed by atoms with van der Waals surface area (Å²) in [7, 11) is 0. The number of rotatable bonds is 18. The van der Waals surface area contributed by atoms with Crippen LogP contribution in [0.4, 0.5) is 11.4 Å². The number of hydrogen-bond acceptors (Lipinski definition) is 12. The molecular weight excluding hydrogens is 855 g/mol. The highest BCUT2D eigenvalue weighted by Crippen LogP contribution is 2.36. The van der Waals surface area contributed by atoms with Crippen LogP contribution < -0.4 is 15.5 Å². The van der Waals surface area contributed by atoms with E-state index in [0.29, 0.717) is 6.61 Å². The van der Waals surface area contributed by atoms with Crippen LogP contribution in [-0.4, -0.2) is 97.4 Å². The van der Waals surface area contributed by atoms with Gasteiger partial charge in [0, 0.05) is 43.1 Å². The number of aliphatic hydroxyl groups excluding tert-OH is 1. The molecule has 0 unspecified atom stereocenters. The zero-order chi connectivity index (χ0) is 47.1. The second kappa shape index (κ2) is 20.9. The van der Waals surface area contributed by atoms with Gasteiger partial charge >= 0.3 is 0 Å². The van der Waals surface area contributed by atoms with Gasteiger partial charge in [0.25, 0.3) is 0 Å². The van der Waals surface area contributed by atoms with Crippen molar-refractivity contribution in [3.63, 3.8) is 0 Å². The van der Waals surface area contributed by atoms with Crippen LogP contribution in [0.5, 0.6) is 0 Å². The zero-order valence-electron chi connectivity index (χ0n) is 39.1. The molecule has 1 saturated heterocycles. The zero-order valence-corrected chi connectivity index (χ0v) is 39.9. The topological polar surface area (TPSA) is 181 Å². The number of ether oxygens (including phenoxy) is 1. The van der Waals surface area contributed by atoms with Gasteiger partial charge in [-0.1, -0.05) is 67.5 Å². The lowest BCUT2D eigenvalue weighted by atomic mass is 9.85. The van der Waals surface area contributed by atoms with Gasteiger partial charge in [0.15, 0.2) is 0 Å². The number of carbonyl (C=O) groups excluding carboxylic acids is 3. The Morgan fingerprint density at radius 3 is 2.35 bits per heavy atom. The number of likely N-dealkylation sites (tertiary alicyclic amines) is 1. The first-order valence-electron chi connectivity index (χ1n) is 22.5. The van der Waals surface area contributed by atoms with Crippen molar-refractivity contribution in [2.45, 2.75) is 105 Å². The van der Waals surface area contributed by atoms with E-state index < -0.39 is 35.4 Å². The highest BCUT2D eigenvalue weighted by molar-refractivity contribution is 7.13. The Bertz CT molecular complexity index is 2560. The normalized spacial score (nSPS) is 16.0. The minimum Gasteiger partial charge on any atom is -0.391 e. The second-order valence-electron chi connectivity index (χ2n) is 18.2. The lowest BCUT2D eigenvalue weighted by Gasteiger charge is -2.35. The smallest absolute Gasteiger partial charge is 0.246 e. The van der Waals surface area contributed by atoms with Gasteiger partial charge in [-0.15, -0.1) is 16.4 Å². The minimum absolute atomic E-state index is 0.00884. The molecule has 3 amide bonds. The van der Waals surface area contributed by atoms with E-state index in [9.17, 15) is 19.5 Å². The van der Waals surface area contributed by atoms with Crippen LogP contribution in [0.25, 0.3) is 27.3 Å². The van der Waals surface area contributed by atoms with Crippen LogP contribution in [0.15, 0.2) is 89.2 Å². The van der Waals surface area contributed by atoms with Crippen LogP contribution in [0.1, 0.15) is 87.7 Å². The number of anilines is 2. The number of hydrogen-bond donors (Lipinski definition) is 3. The van der Waals surface area contributed by atoms with Gasteiger partial charge in [-0.2, -0.15) is 0 Å². The van der Waals surface area contributed by atoms with E-state index in [2.05, 4.69) is 73.2 Å². The Balaban J connectivity index is 0.921. The average Bonchev–Trinajstić information content (AvgIpc) is 4.13. The van der Waals surface area contributed by atoms with E-state index in [4.69, 9.17) is 9.26 Å². The predicted molar refractivity (Wildman–Crippen MR) is 256 cm³/mol. The fourth-order valence-electron chi connectivity index (χ4n) is 8.50. The van der Waals surface area contributed by atoms with Gasteiger partial charge in [0.1, 0.15) is 24.5 Å². The van der Waals surface area contributed by atoms with Gasteiger partial charge in [-0.3, -0.25) is 14.4 Å². The third-order valence-electron chi connectivity index (χ3n) is 12.1. The van der Waals surface area contributed by atoms with Crippen LogP contribution in [0.2, 0.25) is 0 Å². The molecule has 1 aliphatic heterocycles. The number of β-amino-alcohol motifs (C(OH)–C–C–N with tert-alkyl or cyclic N) is 1. The molecule has 3 aromatic carbocycles. The van der Waals surface area contributed by atoms with Crippen LogP contribution in [-0.2, 0) is 19.1 Å².